The Morgan fingerprint density at radius 3 is 2.72 bits per heavy atom. The number of nitrogens with zero attached hydrogens (tertiary/aromatic N) is 4. The molecule has 126 valence electrons. The van der Waals surface area contributed by atoms with Crippen molar-refractivity contribution in [3.05, 3.63) is 64.8 Å². The fraction of sp³-hybridized carbons (Fsp3) is 0.111. The van der Waals surface area contributed by atoms with Crippen molar-refractivity contribution < 1.29 is 4.79 Å². The van der Waals surface area contributed by atoms with Crippen molar-refractivity contribution in [1.82, 2.24) is 15.4 Å². The first-order valence-corrected chi connectivity index (χ1v) is 7.95. The molecular weight excluding hydrogens is 338 g/mol. The number of benzene rings is 2. The van der Waals surface area contributed by atoms with Crippen LogP contribution >= 0.6 is 11.6 Å². The molecule has 0 saturated carbocycles. The van der Waals surface area contributed by atoms with Crippen molar-refractivity contribution in [3.63, 3.8) is 0 Å². The Hall–Kier alpha value is -2.99. The van der Waals surface area contributed by atoms with E-state index in [-0.39, 0.29) is 5.91 Å². The third-order valence-corrected chi connectivity index (χ3v) is 3.99. The van der Waals surface area contributed by atoms with Crippen LogP contribution in [0.2, 0.25) is 5.02 Å². The molecule has 25 heavy (non-hydrogen) atoms. The van der Waals surface area contributed by atoms with E-state index in [1.54, 1.807) is 61.6 Å². The van der Waals surface area contributed by atoms with Gasteiger partial charge in [-0.2, -0.15) is 0 Å². The van der Waals surface area contributed by atoms with Crippen LogP contribution in [0.25, 0.3) is 11.3 Å². The summed E-state index contributed by atoms with van der Waals surface area (Å²) >= 11 is 5.90. The third kappa shape index (κ3) is 3.59. The van der Waals surface area contributed by atoms with Crippen LogP contribution in [0.5, 0.6) is 0 Å². The van der Waals surface area contributed by atoms with E-state index in [4.69, 9.17) is 11.6 Å². The normalized spacial score (nSPS) is 11.0. The fourth-order valence-corrected chi connectivity index (χ4v) is 2.57. The lowest BCUT2D eigenvalue weighted by Gasteiger charge is -2.17. The molecular formula is C18H16ClN5O. The van der Waals surface area contributed by atoms with E-state index in [2.05, 4.69) is 20.4 Å². The number of aliphatic imine (C=N–C) groups is 1. The van der Waals surface area contributed by atoms with E-state index >= 15 is 0 Å². The molecule has 3 rings (SSSR count). The highest BCUT2D eigenvalue weighted by Crippen LogP contribution is 2.23. The van der Waals surface area contributed by atoms with Crippen LogP contribution < -0.4 is 4.90 Å². The average Bonchev–Trinajstić information content (AvgIpc) is 3.10. The Morgan fingerprint density at radius 2 is 2.00 bits per heavy atom. The maximum absolute atomic E-state index is 12.8. The number of hydrogen-bond acceptors (Lipinski definition) is 4. The van der Waals surface area contributed by atoms with E-state index in [1.165, 1.54) is 0 Å². The lowest BCUT2D eigenvalue weighted by atomic mass is 10.1. The molecule has 3 aromatic rings. The number of hydrogen-bond donors (Lipinski definition) is 1. The standard InChI is InChI=1S/C18H16ClN5O/c1-20-11-16-17(22-23-21-16)12-4-3-5-13(10-12)18(25)24(2)15-8-6-14(19)7-9-15/h3-11H,1-2H3,(H,21,22,23)/b20-11+. The molecule has 0 aliphatic heterocycles. The highest BCUT2D eigenvalue weighted by Gasteiger charge is 2.16. The zero-order valence-electron chi connectivity index (χ0n) is 13.8. The van der Waals surface area contributed by atoms with Crippen LogP contribution in [0, 0.1) is 0 Å². The largest absolute Gasteiger partial charge is 0.311 e. The van der Waals surface area contributed by atoms with Gasteiger partial charge >= 0.3 is 0 Å². The first-order chi connectivity index (χ1) is 12.1. The highest BCUT2D eigenvalue weighted by molar-refractivity contribution is 6.30. The van der Waals surface area contributed by atoms with Gasteiger partial charge in [0.05, 0.1) is 0 Å². The number of carbonyl (C=O) groups excluding carboxylic acids is 1. The van der Waals surface area contributed by atoms with Gasteiger partial charge in [-0.3, -0.25) is 14.9 Å². The van der Waals surface area contributed by atoms with Crippen molar-refractivity contribution in [2.45, 2.75) is 0 Å². The van der Waals surface area contributed by atoms with E-state index in [0.29, 0.717) is 22.0 Å². The number of rotatable bonds is 4. The molecule has 0 aliphatic rings. The number of aromatic nitrogens is 3. The van der Waals surface area contributed by atoms with Crippen LogP contribution in [0.15, 0.2) is 53.5 Å². The van der Waals surface area contributed by atoms with Gasteiger partial charge in [0.1, 0.15) is 11.4 Å². The molecule has 0 fully saturated rings. The second-order valence-corrected chi connectivity index (χ2v) is 5.82. The Labute approximate surface area is 150 Å². The van der Waals surface area contributed by atoms with Gasteiger partial charge in [0.2, 0.25) is 0 Å². The Kier molecular flexibility index (Phi) is 4.90. The second-order valence-electron chi connectivity index (χ2n) is 5.38. The quantitative estimate of drug-likeness (QED) is 0.730. The predicted molar refractivity (Wildman–Crippen MR) is 99.5 cm³/mol. The number of carbonyl (C=O) groups is 1. The number of H-pyrrole nitrogens is 1. The molecule has 0 saturated heterocycles. The van der Waals surface area contributed by atoms with Crippen molar-refractivity contribution in [3.8, 4) is 11.3 Å². The zero-order chi connectivity index (χ0) is 17.8. The summed E-state index contributed by atoms with van der Waals surface area (Å²) in [5.41, 5.74) is 3.45. The van der Waals surface area contributed by atoms with Gasteiger partial charge in [-0.1, -0.05) is 28.9 Å². The molecule has 0 atom stereocenters. The van der Waals surface area contributed by atoms with Crippen LogP contribution in [0.4, 0.5) is 5.69 Å². The van der Waals surface area contributed by atoms with E-state index in [1.807, 2.05) is 12.1 Å². The Bertz CT molecular complexity index is 917. The molecule has 0 aliphatic carbocycles. The Morgan fingerprint density at radius 1 is 1.24 bits per heavy atom. The summed E-state index contributed by atoms with van der Waals surface area (Å²) in [5.74, 6) is -0.127. The molecule has 1 amide bonds. The first-order valence-electron chi connectivity index (χ1n) is 7.57. The summed E-state index contributed by atoms with van der Waals surface area (Å²) in [6.07, 6.45) is 1.64. The van der Waals surface area contributed by atoms with E-state index < -0.39 is 0 Å². The van der Waals surface area contributed by atoms with Gasteiger partial charge < -0.3 is 4.90 Å². The molecule has 1 N–H and O–H groups in total. The van der Waals surface area contributed by atoms with Gasteiger partial charge in [0, 0.05) is 42.1 Å². The van der Waals surface area contributed by atoms with E-state index in [0.717, 1.165) is 11.3 Å². The van der Waals surface area contributed by atoms with Crippen molar-refractivity contribution in [2.24, 2.45) is 4.99 Å². The van der Waals surface area contributed by atoms with Gasteiger partial charge in [0.25, 0.3) is 5.91 Å². The molecule has 0 spiro atoms. The third-order valence-electron chi connectivity index (χ3n) is 3.74. The molecule has 6 nitrogen and oxygen atoms in total. The molecule has 0 bridgehead atoms. The maximum Gasteiger partial charge on any atom is 0.258 e. The number of anilines is 1. The molecule has 1 heterocycles. The summed E-state index contributed by atoms with van der Waals surface area (Å²) in [6.45, 7) is 0. The average molecular weight is 354 g/mol. The number of nitrogens with one attached hydrogen (secondary N) is 1. The van der Waals surface area contributed by atoms with Crippen molar-refractivity contribution in [1.29, 1.82) is 0 Å². The summed E-state index contributed by atoms with van der Waals surface area (Å²) in [4.78, 5) is 18.3. The van der Waals surface area contributed by atoms with Gasteiger partial charge in [-0.15, -0.1) is 5.10 Å². The molecule has 2 aromatic carbocycles. The van der Waals surface area contributed by atoms with E-state index in [9.17, 15) is 4.79 Å². The minimum atomic E-state index is -0.127. The first kappa shape index (κ1) is 16.9. The molecule has 7 heteroatoms. The number of halogens is 1. The summed E-state index contributed by atoms with van der Waals surface area (Å²) in [5, 5.41) is 11.3. The number of amides is 1. The number of aromatic amines is 1. The molecule has 0 unspecified atom stereocenters. The molecule has 0 radical (unpaired) electrons. The molecule has 1 aromatic heterocycles. The minimum Gasteiger partial charge on any atom is -0.311 e. The van der Waals surface area contributed by atoms with Crippen LogP contribution in [-0.4, -0.2) is 41.6 Å². The monoisotopic (exact) mass is 353 g/mol. The second kappa shape index (κ2) is 7.27. The predicted octanol–water partition coefficient (Wildman–Crippen LogP) is 3.45. The van der Waals surface area contributed by atoms with Gasteiger partial charge in [0.15, 0.2) is 0 Å². The van der Waals surface area contributed by atoms with Crippen molar-refractivity contribution in [2.75, 3.05) is 19.0 Å². The minimum absolute atomic E-state index is 0.127. The lowest BCUT2D eigenvalue weighted by Crippen LogP contribution is -2.26. The smallest absolute Gasteiger partial charge is 0.258 e. The maximum atomic E-state index is 12.8. The summed E-state index contributed by atoms with van der Waals surface area (Å²) < 4.78 is 0. The zero-order valence-corrected chi connectivity index (χ0v) is 14.5. The van der Waals surface area contributed by atoms with Crippen LogP contribution in [-0.2, 0) is 0 Å². The van der Waals surface area contributed by atoms with Crippen LogP contribution in [0.3, 0.4) is 0 Å². The van der Waals surface area contributed by atoms with Crippen LogP contribution in [0.1, 0.15) is 16.1 Å². The highest BCUT2D eigenvalue weighted by atomic mass is 35.5. The van der Waals surface area contributed by atoms with Gasteiger partial charge in [-0.05, 0) is 36.4 Å². The van der Waals surface area contributed by atoms with Gasteiger partial charge in [-0.25, -0.2) is 0 Å². The summed E-state index contributed by atoms with van der Waals surface area (Å²) in [6, 6.07) is 14.4. The SMILES string of the molecule is C/N=C/c1[nH]nnc1-c1cccc(C(=O)N(C)c2ccc(Cl)cc2)c1. The summed E-state index contributed by atoms with van der Waals surface area (Å²) in [7, 11) is 3.40. The topological polar surface area (TPSA) is 74.2 Å². The van der Waals surface area contributed by atoms with Crippen molar-refractivity contribution >= 4 is 29.4 Å². The Balaban J connectivity index is 1.91. The lowest BCUT2D eigenvalue weighted by molar-refractivity contribution is 0.0993. The fourth-order valence-electron chi connectivity index (χ4n) is 2.44.